The van der Waals surface area contributed by atoms with E-state index in [2.05, 4.69) is 15.5 Å². The number of carbonyl (C=O) groups excluding carboxylic acids is 1. The molecule has 2 heterocycles. The van der Waals surface area contributed by atoms with Crippen molar-refractivity contribution in [3.63, 3.8) is 0 Å². The van der Waals surface area contributed by atoms with Crippen LogP contribution >= 0.6 is 0 Å². The summed E-state index contributed by atoms with van der Waals surface area (Å²) < 4.78 is 0. The molecule has 1 aliphatic heterocycles. The summed E-state index contributed by atoms with van der Waals surface area (Å²) >= 11 is 0. The summed E-state index contributed by atoms with van der Waals surface area (Å²) in [6.07, 6.45) is 3.57. The van der Waals surface area contributed by atoms with Crippen LogP contribution < -0.4 is 5.32 Å². The van der Waals surface area contributed by atoms with Crippen LogP contribution in [0.3, 0.4) is 0 Å². The zero-order valence-corrected chi connectivity index (χ0v) is 9.79. The second-order valence-corrected chi connectivity index (χ2v) is 4.41. The van der Waals surface area contributed by atoms with Crippen molar-refractivity contribution in [1.82, 2.24) is 20.4 Å². The van der Waals surface area contributed by atoms with Gasteiger partial charge in [-0.25, -0.2) is 0 Å². The molecule has 5 heteroatoms. The lowest BCUT2D eigenvalue weighted by Gasteiger charge is -2.21. The van der Waals surface area contributed by atoms with E-state index in [1.165, 1.54) is 17.7 Å². The summed E-state index contributed by atoms with van der Waals surface area (Å²) in [5.41, 5.74) is 1.51. The van der Waals surface area contributed by atoms with Gasteiger partial charge >= 0.3 is 0 Å². The molecular weight excluding hydrogens is 204 g/mol. The van der Waals surface area contributed by atoms with Crippen LogP contribution in [0.1, 0.15) is 41.5 Å². The lowest BCUT2D eigenvalue weighted by atomic mass is 10.0. The first-order valence-corrected chi connectivity index (χ1v) is 5.69. The molecule has 0 radical (unpaired) electrons. The highest BCUT2D eigenvalue weighted by atomic mass is 16.2. The number of hydrogen-bond donors (Lipinski definition) is 2. The normalized spacial score (nSPS) is 20.8. The van der Waals surface area contributed by atoms with Gasteiger partial charge in [-0.15, -0.1) is 0 Å². The average molecular weight is 222 g/mol. The molecule has 1 saturated heterocycles. The number of rotatable bonds is 2. The standard InChI is InChI=1S/C11H18N4O/c1-15(2)11(16)10-7-9(13-14-10)8-5-3-4-6-12-8/h7-8,12H,3-6H2,1-2H3,(H,13,14). The van der Waals surface area contributed by atoms with E-state index in [0.717, 1.165) is 18.7 Å². The van der Waals surface area contributed by atoms with Gasteiger partial charge in [-0.2, -0.15) is 5.10 Å². The van der Waals surface area contributed by atoms with Gasteiger partial charge in [-0.3, -0.25) is 9.89 Å². The maximum absolute atomic E-state index is 11.7. The first-order valence-electron chi connectivity index (χ1n) is 5.69. The van der Waals surface area contributed by atoms with E-state index in [9.17, 15) is 4.79 Å². The van der Waals surface area contributed by atoms with Crippen molar-refractivity contribution < 1.29 is 4.79 Å². The molecule has 0 saturated carbocycles. The van der Waals surface area contributed by atoms with E-state index in [0.29, 0.717) is 11.7 Å². The predicted molar refractivity (Wildman–Crippen MR) is 61.2 cm³/mol. The van der Waals surface area contributed by atoms with Crippen molar-refractivity contribution >= 4 is 5.91 Å². The lowest BCUT2D eigenvalue weighted by Crippen LogP contribution is -2.27. The van der Waals surface area contributed by atoms with Gasteiger partial charge in [0.05, 0.1) is 5.69 Å². The molecule has 5 nitrogen and oxygen atoms in total. The summed E-state index contributed by atoms with van der Waals surface area (Å²) in [5, 5.41) is 10.4. The van der Waals surface area contributed by atoms with Gasteiger partial charge < -0.3 is 10.2 Å². The Morgan fingerprint density at radius 1 is 1.50 bits per heavy atom. The minimum atomic E-state index is -0.0571. The first kappa shape index (κ1) is 11.1. The van der Waals surface area contributed by atoms with Gasteiger partial charge in [0, 0.05) is 20.1 Å². The SMILES string of the molecule is CN(C)C(=O)c1cc(C2CCCCN2)[nH]n1. The van der Waals surface area contributed by atoms with Crippen molar-refractivity contribution in [2.45, 2.75) is 25.3 Å². The van der Waals surface area contributed by atoms with Crippen LogP contribution in [0.25, 0.3) is 0 Å². The second kappa shape index (κ2) is 4.65. The molecule has 1 atom stereocenters. The molecule has 1 amide bonds. The van der Waals surface area contributed by atoms with E-state index in [-0.39, 0.29) is 5.91 Å². The van der Waals surface area contributed by atoms with Gasteiger partial charge in [0.2, 0.25) is 0 Å². The number of aromatic amines is 1. The fraction of sp³-hybridized carbons (Fsp3) is 0.636. The third-order valence-electron chi connectivity index (χ3n) is 2.91. The number of nitrogens with zero attached hydrogens (tertiary/aromatic N) is 2. The molecular formula is C11H18N4O. The molecule has 0 aliphatic carbocycles. The fourth-order valence-electron chi connectivity index (χ4n) is 1.97. The van der Waals surface area contributed by atoms with Crippen LogP contribution in [0.5, 0.6) is 0 Å². The Morgan fingerprint density at radius 2 is 2.31 bits per heavy atom. The Bertz CT molecular complexity index is 366. The number of aromatic nitrogens is 2. The van der Waals surface area contributed by atoms with Gasteiger partial charge in [0.15, 0.2) is 0 Å². The molecule has 16 heavy (non-hydrogen) atoms. The fourth-order valence-corrected chi connectivity index (χ4v) is 1.97. The minimum Gasteiger partial charge on any atom is -0.343 e. The Balaban J connectivity index is 2.09. The van der Waals surface area contributed by atoms with Crippen LogP contribution in [-0.2, 0) is 0 Å². The quantitative estimate of drug-likeness (QED) is 0.782. The molecule has 1 aromatic rings. The lowest BCUT2D eigenvalue weighted by molar-refractivity contribution is 0.0822. The van der Waals surface area contributed by atoms with Gasteiger partial charge in [0.25, 0.3) is 5.91 Å². The molecule has 2 rings (SSSR count). The summed E-state index contributed by atoms with van der Waals surface area (Å²) in [7, 11) is 3.46. The maximum Gasteiger partial charge on any atom is 0.273 e. The smallest absolute Gasteiger partial charge is 0.273 e. The van der Waals surface area contributed by atoms with Gasteiger partial charge in [-0.1, -0.05) is 6.42 Å². The highest BCUT2D eigenvalue weighted by molar-refractivity contribution is 5.91. The predicted octanol–water partition coefficient (Wildman–Crippen LogP) is 0.926. The second-order valence-electron chi connectivity index (χ2n) is 4.41. The molecule has 88 valence electrons. The van der Waals surface area contributed by atoms with Crippen molar-refractivity contribution in [2.24, 2.45) is 0 Å². The Morgan fingerprint density at radius 3 is 2.94 bits per heavy atom. The maximum atomic E-state index is 11.7. The van der Waals surface area contributed by atoms with E-state index < -0.39 is 0 Å². The largest absolute Gasteiger partial charge is 0.343 e. The molecule has 0 bridgehead atoms. The molecule has 0 aromatic carbocycles. The van der Waals surface area contributed by atoms with E-state index >= 15 is 0 Å². The third-order valence-corrected chi connectivity index (χ3v) is 2.91. The Labute approximate surface area is 95.2 Å². The molecule has 2 N–H and O–H groups in total. The van der Waals surface area contributed by atoms with Crippen LogP contribution in [0.2, 0.25) is 0 Å². The zero-order chi connectivity index (χ0) is 11.5. The van der Waals surface area contributed by atoms with Crippen LogP contribution in [0.15, 0.2) is 6.07 Å². The van der Waals surface area contributed by atoms with Crippen LogP contribution in [0.4, 0.5) is 0 Å². The monoisotopic (exact) mass is 222 g/mol. The Kier molecular flexibility index (Phi) is 3.24. The topological polar surface area (TPSA) is 61.0 Å². The minimum absolute atomic E-state index is 0.0571. The van der Waals surface area contributed by atoms with Crippen molar-refractivity contribution in [3.8, 4) is 0 Å². The third kappa shape index (κ3) is 2.24. The van der Waals surface area contributed by atoms with Crippen molar-refractivity contribution in [2.75, 3.05) is 20.6 Å². The number of H-pyrrole nitrogens is 1. The molecule has 1 aromatic heterocycles. The number of carbonyl (C=O) groups is 1. The molecule has 1 fully saturated rings. The molecule has 1 unspecified atom stereocenters. The van der Waals surface area contributed by atoms with Gasteiger partial charge in [0.1, 0.15) is 5.69 Å². The zero-order valence-electron chi connectivity index (χ0n) is 9.79. The van der Waals surface area contributed by atoms with E-state index in [4.69, 9.17) is 0 Å². The van der Waals surface area contributed by atoms with Crippen LogP contribution in [-0.4, -0.2) is 41.6 Å². The summed E-state index contributed by atoms with van der Waals surface area (Å²) in [6.45, 7) is 1.04. The van der Waals surface area contributed by atoms with E-state index in [1.54, 1.807) is 14.1 Å². The summed E-state index contributed by atoms with van der Waals surface area (Å²) in [5.74, 6) is -0.0571. The highest BCUT2D eigenvalue weighted by Gasteiger charge is 2.19. The highest BCUT2D eigenvalue weighted by Crippen LogP contribution is 2.21. The Hall–Kier alpha value is -1.36. The first-order chi connectivity index (χ1) is 7.68. The van der Waals surface area contributed by atoms with Crippen LogP contribution in [0, 0.1) is 0 Å². The van der Waals surface area contributed by atoms with Gasteiger partial charge in [-0.05, 0) is 25.5 Å². The summed E-state index contributed by atoms with van der Waals surface area (Å²) in [4.78, 5) is 13.2. The summed E-state index contributed by atoms with van der Waals surface area (Å²) in [6, 6.07) is 2.18. The number of nitrogens with one attached hydrogen (secondary N) is 2. The molecule has 1 aliphatic rings. The molecule has 0 spiro atoms. The number of piperidine rings is 1. The number of hydrogen-bond acceptors (Lipinski definition) is 3. The average Bonchev–Trinajstić information content (AvgIpc) is 2.78. The van der Waals surface area contributed by atoms with Crippen molar-refractivity contribution in [1.29, 1.82) is 0 Å². The number of amides is 1. The van der Waals surface area contributed by atoms with Crippen molar-refractivity contribution in [3.05, 3.63) is 17.5 Å². The van der Waals surface area contributed by atoms with E-state index in [1.807, 2.05) is 6.07 Å².